The van der Waals surface area contributed by atoms with Crippen LogP contribution in [0, 0.1) is 17.3 Å². The van der Waals surface area contributed by atoms with Crippen molar-refractivity contribution in [1.29, 1.82) is 0 Å². The third-order valence-corrected chi connectivity index (χ3v) is 14.1. The highest BCUT2D eigenvalue weighted by Crippen LogP contribution is 2.42. The lowest BCUT2D eigenvalue weighted by Gasteiger charge is -2.39. The maximum Gasteiger partial charge on any atom is 0.324 e. The van der Waals surface area contributed by atoms with Crippen LogP contribution in [0.15, 0.2) is 49.2 Å². The summed E-state index contributed by atoms with van der Waals surface area (Å²) in [6.45, 7) is 19.4. The fourth-order valence-electron chi connectivity index (χ4n) is 10.6. The van der Waals surface area contributed by atoms with E-state index >= 15 is 0 Å². The van der Waals surface area contributed by atoms with Crippen LogP contribution in [-0.2, 0) is 46.4 Å². The monoisotopic (exact) mass is 895 g/mol. The molecule has 3 aromatic rings. The lowest BCUT2D eigenvalue weighted by molar-refractivity contribution is -0.155. The molecule has 65 heavy (non-hydrogen) atoms. The number of likely N-dealkylation sites (N-methyl/N-ethyl adjacent to an activating group) is 1. The summed E-state index contributed by atoms with van der Waals surface area (Å²) in [5.74, 6) is -2.21. The standard InChI is InChI=1S/C50H70N8O7/c1-10-42(59)56-24-20-35(28-56)47(61)54(8)44(31(3)4)46(60)52-40-29-55-22-13-15-34(27-55)33-18-19-41-37(25-33)38(45(57(41)11-2)36-16-12-21-51-43(36)32(5)64-9)26-50(6,7)30-65-49(63)39-17-14-23-58(53-39)48(40)62/h10,12,16,18-19,21,25,31-32,34-35,39-40,44,53H,1,11,13-15,17,20,22-24,26-30H2,2-9H3,(H,52,60)/t32?,34?,35-,39-,40?,44?/m0/s1. The molecule has 1 aromatic carbocycles. The van der Waals surface area contributed by atoms with Crippen molar-refractivity contribution in [1.82, 2.24) is 40.0 Å². The van der Waals surface area contributed by atoms with Gasteiger partial charge in [-0.15, -0.1) is 0 Å². The van der Waals surface area contributed by atoms with Crippen LogP contribution >= 0.6 is 0 Å². The molecule has 15 nitrogen and oxygen atoms in total. The zero-order valence-electron chi connectivity index (χ0n) is 39.7. The highest BCUT2D eigenvalue weighted by Gasteiger charge is 2.41. The highest BCUT2D eigenvalue weighted by molar-refractivity contribution is 5.95. The second kappa shape index (κ2) is 20.2. The number of carbonyl (C=O) groups is 5. The molecule has 7 atom stereocenters. The zero-order chi connectivity index (χ0) is 46.7. The minimum atomic E-state index is -0.975. The Labute approximate surface area is 384 Å². The number of hydrogen-bond donors (Lipinski definition) is 2. The summed E-state index contributed by atoms with van der Waals surface area (Å²) in [7, 11) is 3.33. The fraction of sp³-hybridized carbons (Fsp3) is 0.600. The van der Waals surface area contributed by atoms with Gasteiger partial charge in [0.15, 0.2) is 0 Å². The van der Waals surface area contributed by atoms with E-state index in [4.69, 9.17) is 14.5 Å². The number of carbonyl (C=O) groups excluding carboxylic acids is 5. The Morgan fingerprint density at radius 3 is 2.55 bits per heavy atom. The number of ether oxygens (including phenoxy) is 2. The summed E-state index contributed by atoms with van der Waals surface area (Å²) in [5.41, 5.74) is 9.18. The maximum atomic E-state index is 14.7. The molecule has 7 rings (SSSR count). The van der Waals surface area contributed by atoms with Crippen LogP contribution in [0.2, 0.25) is 0 Å². The second-order valence-electron chi connectivity index (χ2n) is 19.7. The van der Waals surface area contributed by atoms with Gasteiger partial charge in [-0.05, 0) is 112 Å². The first-order valence-electron chi connectivity index (χ1n) is 23.6. The molecule has 0 aliphatic carbocycles. The first-order valence-corrected chi connectivity index (χ1v) is 23.6. The number of likely N-dealkylation sites (tertiary alicyclic amines) is 1. The van der Waals surface area contributed by atoms with Crippen LogP contribution in [0.4, 0.5) is 0 Å². The van der Waals surface area contributed by atoms with Gasteiger partial charge in [-0.25, -0.2) is 5.43 Å². The summed E-state index contributed by atoms with van der Waals surface area (Å²) in [4.78, 5) is 79.6. The van der Waals surface area contributed by atoms with Gasteiger partial charge in [0.1, 0.15) is 18.1 Å². The van der Waals surface area contributed by atoms with Crippen molar-refractivity contribution >= 4 is 40.5 Å². The molecule has 3 fully saturated rings. The van der Waals surface area contributed by atoms with E-state index in [1.807, 2.05) is 33.0 Å². The van der Waals surface area contributed by atoms with E-state index in [-0.39, 0.29) is 55.4 Å². The molecule has 2 aromatic heterocycles. The number of hydrazine groups is 1. The number of methoxy groups -OCH3 is 1. The van der Waals surface area contributed by atoms with Gasteiger partial charge in [-0.1, -0.05) is 40.3 Å². The van der Waals surface area contributed by atoms with Gasteiger partial charge in [-0.2, -0.15) is 0 Å². The zero-order valence-corrected chi connectivity index (χ0v) is 39.7. The van der Waals surface area contributed by atoms with E-state index in [1.54, 1.807) is 19.1 Å². The van der Waals surface area contributed by atoms with E-state index in [2.05, 4.69) is 71.8 Å². The summed E-state index contributed by atoms with van der Waals surface area (Å²) in [6, 6.07) is 8.32. The predicted molar refractivity (Wildman–Crippen MR) is 249 cm³/mol. The Balaban J connectivity index is 1.24. The average molecular weight is 895 g/mol. The van der Waals surface area contributed by atoms with Crippen molar-refractivity contribution < 1.29 is 33.4 Å². The normalized spacial score (nSPS) is 24.8. The van der Waals surface area contributed by atoms with Crippen LogP contribution in [0.3, 0.4) is 0 Å². The van der Waals surface area contributed by atoms with Crippen LogP contribution in [0.5, 0.6) is 0 Å². The third kappa shape index (κ3) is 10.2. The molecule has 0 radical (unpaired) electrons. The molecule has 0 saturated carbocycles. The molecule has 4 amide bonds. The minimum Gasteiger partial charge on any atom is -0.464 e. The summed E-state index contributed by atoms with van der Waals surface area (Å²) < 4.78 is 14.3. The quantitative estimate of drug-likeness (QED) is 0.204. The van der Waals surface area contributed by atoms with E-state index < -0.39 is 41.3 Å². The summed E-state index contributed by atoms with van der Waals surface area (Å²) >= 11 is 0. The molecule has 2 N–H and O–H groups in total. The van der Waals surface area contributed by atoms with Gasteiger partial charge in [0.25, 0.3) is 5.91 Å². The molecule has 6 heterocycles. The van der Waals surface area contributed by atoms with Gasteiger partial charge >= 0.3 is 5.97 Å². The number of benzene rings is 1. The van der Waals surface area contributed by atoms with E-state index in [9.17, 15) is 24.0 Å². The third-order valence-electron chi connectivity index (χ3n) is 14.1. The Bertz CT molecular complexity index is 2270. The Kier molecular flexibility index (Phi) is 14.8. The molecular formula is C50H70N8O7. The van der Waals surface area contributed by atoms with Crippen LogP contribution in [0.25, 0.3) is 22.2 Å². The summed E-state index contributed by atoms with van der Waals surface area (Å²) in [5, 5.41) is 5.74. The lowest BCUT2D eigenvalue weighted by Crippen LogP contribution is -2.64. The number of cyclic esters (lactones) is 1. The van der Waals surface area contributed by atoms with Gasteiger partial charge in [0, 0.05) is 81.5 Å². The van der Waals surface area contributed by atoms with Gasteiger partial charge in [0.05, 0.1) is 30.0 Å². The maximum absolute atomic E-state index is 14.7. The molecule has 4 aliphatic heterocycles. The average Bonchev–Trinajstić information content (AvgIpc) is 3.92. The number of aryl methyl sites for hydroxylation is 1. The van der Waals surface area contributed by atoms with Crippen molar-refractivity contribution in [3.05, 3.63) is 66.0 Å². The smallest absolute Gasteiger partial charge is 0.324 e. The molecule has 5 unspecified atom stereocenters. The Morgan fingerprint density at radius 1 is 1.06 bits per heavy atom. The lowest BCUT2D eigenvalue weighted by atomic mass is 9.83. The van der Waals surface area contributed by atoms with E-state index in [0.717, 1.165) is 53.8 Å². The fourth-order valence-corrected chi connectivity index (χ4v) is 10.6. The number of pyridine rings is 1. The molecule has 352 valence electrons. The Hall–Kier alpha value is -5.12. The minimum absolute atomic E-state index is 0.160. The number of hydrogen-bond acceptors (Lipinski definition) is 10. The first-order chi connectivity index (χ1) is 31.0. The number of aromatic nitrogens is 2. The van der Waals surface area contributed by atoms with Crippen molar-refractivity contribution in [2.24, 2.45) is 17.3 Å². The number of rotatable bonds is 10. The topological polar surface area (TPSA) is 159 Å². The van der Waals surface area contributed by atoms with E-state index in [1.165, 1.54) is 27.1 Å². The number of fused-ring (bicyclic) bond motifs is 6. The van der Waals surface area contributed by atoms with Gasteiger partial charge in [0.2, 0.25) is 17.7 Å². The van der Waals surface area contributed by atoms with Crippen molar-refractivity contribution in [2.75, 3.05) is 60.0 Å². The highest BCUT2D eigenvalue weighted by atomic mass is 16.5. The number of nitrogens with one attached hydrogen (secondary N) is 2. The molecule has 15 heteroatoms. The predicted octanol–water partition coefficient (Wildman–Crippen LogP) is 5.23. The molecule has 4 aliphatic rings. The molecule has 3 saturated heterocycles. The molecular weight excluding hydrogens is 825 g/mol. The van der Waals surface area contributed by atoms with Crippen LogP contribution < -0.4 is 10.7 Å². The first kappa shape index (κ1) is 47.8. The van der Waals surface area contributed by atoms with Crippen LogP contribution in [0.1, 0.15) is 102 Å². The van der Waals surface area contributed by atoms with Gasteiger partial charge in [-0.3, -0.25) is 34.0 Å². The number of esters is 1. The van der Waals surface area contributed by atoms with Crippen LogP contribution in [-0.4, -0.2) is 137 Å². The van der Waals surface area contributed by atoms with E-state index in [0.29, 0.717) is 45.3 Å². The second-order valence-corrected chi connectivity index (χ2v) is 19.7. The number of piperidine rings is 1. The molecule has 6 bridgehead atoms. The van der Waals surface area contributed by atoms with Gasteiger partial charge < -0.3 is 34.1 Å². The largest absolute Gasteiger partial charge is 0.464 e. The molecule has 0 spiro atoms. The van der Waals surface area contributed by atoms with Crippen molar-refractivity contribution in [3.8, 4) is 11.3 Å². The van der Waals surface area contributed by atoms with Crippen molar-refractivity contribution in [3.63, 3.8) is 0 Å². The SMILES string of the molecule is C=CC(=O)N1CC[C@H](C(=O)N(C)C(C(=O)NC2CN3CCCC(C3)c3ccc4c(c3)c(c(-c3cccnc3C(C)OC)n4CC)CC(C)(C)COC(=O)[C@@H]3CCCN(N3)C2=O)C(C)C)C1. The number of amides is 4. The summed E-state index contributed by atoms with van der Waals surface area (Å²) in [6.07, 6.45) is 6.88. The van der Waals surface area contributed by atoms with Crippen molar-refractivity contribution in [2.45, 2.75) is 117 Å². The Morgan fingerprint density at radius 2 is 1.83 bits per heavy atom. The number of nitrogens with zero attached hydrogens (tertiary/aromatic N) is 6.